The topological polar surface area (TPSA) is 102 Å². The van der Waals surface area contributed by atoms with E-state index in [9.17, 15) is 17.6 Å². The van der Waals surface area contributed by atoms with Crippen LogP contribution in [0.1, 0.15) is 30.2 Å². The predicted octanol–water partition coefficient (Wildman–Crippen LogP) is 4.11. The van der Waals surface area contributed by atoms with Gasteiger partial charge in [0.05, 0.1) is 17.8 Å². The maximum atomic E-state index is 14.3. The van der Waals surface area contributed by atoms with Gasteiger partial charge in [-0.1, -0.05) is 18.2 Å². The Morgan fingerprint density at radius 1 is 1.23 bits per heavy atom. The van der Waals surface area contributed by atoms with E-state index >= 15 is 0 Å². The second-order valence-corrected chi connectivity index (χ2v) is 9.40. The minimum absolute atomic E-state index is 0.0231. The number of sulfonamides is 1. The molecule has 0 fully saturated rings. The molecule has 0 bridgehead atoms. The number of oxazole rings is 1. The molecule has 30 heavy (non-hydrogen) atoms. The maximum absolute atomic E-state index is 14.3. The number of carbonyl (C=O) groups is 1. The Kier molecular flexibility index (Phi) is 5.69. The van der Waals surface area contributed by atoms with Crippen molar-refractivity contribution in [2.45, 2.75) is 23.7 Å². The van der Waals surface area contributed by atoms with Crippen LogP contribution in [0.3, 0.4) is 0 Å². The summed E-state index contributed by atoms with van der Waals surface area (Å²) in [7, 11) is -3.99. The van der Waals surface area contributed by atoms with E-state index in [1.54, 1.807) is 30.3 Å². The normalized spacial score (nSPS) is 15.6. The van der Waals surface area contributed by atoms with E-state index in [4.69, 9.17) is 4.42 Å². The van der Waals surface area contributed by atoms with Crippen molar-refractivity contribution in [3.63, 3.8) is 0 Å². The van der Waals surface area contributed by atoms with Gasteiger partial charge in [0.25, 0.3) is 10.0 Å². The summed E-state index contributed by atoms with van der Waals surface area (Å²) in [5, 5.41) is 2.79. The molecule has 7 nitrogen and oxygen atoms in total. The van der Waals surface area contributed by atoms with Gasteiger partial charge < -0.3 is 9.73 Å². The minimum Gasteiger partial charge on any atom is -0.448 e. The van der Waals surface area contributed by atoms with Gasteiger partial charge in [0.15, 0.2) is 11.6 Å². The lowest BCUT2D eigenvalue weighted by atomic mass is 9.92. The Hall–Kier alpha value is -2.60. The highest BCUT2D eigenvalue weighted by atomic mass is 127. The first-order valence-corrected chi connectivity index (χ1v) is 11.5. The fourth-order valence-electron chi connectivity index (χ4n) is 3.22. The number of nitrogens with zero attached hydrogens (tertiary/aromatic N) is 2. The average molecular weight is 539 g/mol. The van der Waals surface area contributed by atoms with Crippen LogP contribution in [0.2, 0.25) is 0 Å². The summed E-state index contributed by atoms with van der Waals surface area (Å²) < 4.78 is 49.0. The van der Waals surface area contributed by atoms with Gasteiger partial charge in [0.1, 0.15) is 17.0 Å². The zero-order chi connectivity index (χ0) is 21.3. The number of aromatic nitrogens is 1. The summed E-state index contributed by atoms with van der Waals surface area (Å²) in [4.78, 5) is 16.9. The number of fused-ring (bicyclic) bond motifs is 1. The van der Waals surface area contributed by atoms with Gasteiger partial charge in [-0.25, -0.2) is 9.37 Å². The van der Waals surface area contributed by atoms with Crippen LogP contribution in [-0.2, 0) is 14.8 Å². The van der Waals surface area contributed by atoms with E-state index in [1.807, 2.05) is 22.6 Å². The van der Waals surface area contributed by atoms with Gasteiger partial charge in [-0.3, -0.25) is 4.79 Å². The number of ketones is 1. The Morgan fingerprint density at radius 3 is 2.77 bits per heavy atom. The summed E-state index contributed by atoms with van der Waals surface area (Å²) in [6.07, 6.45) is 2.91. The molecule has 0 saturated heterocycles. The van der Waals surface area contributed by atoms with E-state index < -0.39 is 27.5 Å². The first-order chi connectivity index (χ1) is 14.3. The highest BCUT2D eigenvalue weighted by Gasteiger charge is 2.29. The number of Topliss-reactive ketones (excluding diaryl/α,β-unsaturated/α-hetero) is 1. The summed E-state index contributed by atoms with van der Waals surface area (Å²) in [5.74, 6) is -1.52. The van der Waals surface area contributed by atoms with Gasteiger partial charge in [0, 0.05) is 15.6 Å². The highest BCUT2D eigenvalue weighted by Crippen LogP contribution is 2.32. The van der Waals surface area contributed by atoms with Crippen molar-refractivity contribution in [1.29, 1.82) is 0 Å². The second-order valence-electron chi connectivity index (χ2n) is 6.59. The number of hydrogen-bond acceptors (Lipinski definition) is 6. The molecule has 3 aromatic rings. The third-order valence-electron chi connectivity index (χ3n) is 4.64. The molecule has 1 N–H and O–H groups in total. The molecule has 0 amide bonds. The predicted molar refractivity (Wildman–Crippen MR) is 116 cm³/mol. The van der Waals surface area contributed by atoms with Gasteiger partial charge in [-0.2, -0.15) is 8.42 Å². The second kappa shape index (κ2) is 8.26. The summed E-state index contributed by atoms with van der Waals surface area (Å²) in [6.45, 7) is 0. The van der Waals surface area contributed by atoms with Crippen LogP contribution < -0.4 is 5.32 Å². The number of rotatable bonds is 6. The van der Waals surface area contributed by atoms with Crippen LogP contribution in [-0.4, -0.2) is 25.0 Å². The van der Waals surface area contributed by atoms with Gasteiger partial charge in [-0.05, 0) is 53.3 Å². The number of anilines is 1. The van der Waals surface area contributed by atoms with E-state index in [1.165, 1.54) is 24.6 Å². The highest BCUT2D eigenvalue weighted by molar-refractivity contribution is 14.1. The van der Waals surface area contributed by atoms with Crippen molar-refractivity contribution in [2.24, 2.45) is 4.40 Å². The van der Waals surface area contributed by atoms with Crippen LogP contribution in [0, 0.1) is 9.39 Å². The van der Waals surface area contributed by atoms with Crippen LogP contribution in [0.4, 0.5) is 10.1 Å². The average Bonchev–Trinajstić information content (AvgIpc) is 3.24. The first kappa shape index (κ1) is 20.7. The monoisotopic (exact) mass is 539 g/mol. The van der Waals surface area contributed by atoms with Gasteiger partial charge in [-0.15, -0.1) is 4.40 Å². The number of nitrogens with one attached hydrogen (secondary N) is 1. The lowest BCUT2D eigenvalue weighted by Crippen LogP contribution is -2.29. The molecule has 0 saturated carbocycles. The molecule has 1 unspecified atom stereocenters. The number of halogens is 2. The standard InChI is InChI=1S/C20H15FIN3O4S/c21-15-4-2-1-3-13(15)14(20-23-9-10-29-20)6-8-17(26)19-24-16-7-5-12(22)11-18(16)30(27,28)25-19/h1-5,7,9-11,14H,6,8H2,(H,24,25). The van der Waals surface area contributed by atoms with Crippen molar-refractivity contribution >= 4 is 49.9 Å². The van der Waals surface area contributed by atoms with E-state index in [0.717, 1.165) is 3.57 Å². The fraction of sp³-hybridized carbons (Fsp3) is 0.150. The maximum Gasteiger partial charge on any atom is 0.286 e. The lowest BCUT2D eigenvalue weighted by molar-refractivity contribution is -0.113. The van der Waals surface area contributed by atoms with Crippen molar-refractivity contribution < 1.29 is 22.0 Å². The fourth-order valence-corrected chi connectivity index (χ4v) is 5.08. The summed E-state index contributed by atoms with van der Waals surface area (Å²) >= 11 is 2.00. The largest absolute Gasteiger partial charge is 0.448 e. The van der Waals surface area contributed by atoms with Crippen LogP contribution in [0.5, 0.6) is 0 Å². The van der Waals surface area contributed by atoms with E-state index in [-0.39, 0.29) is 29.5 Å². The van der Waals surface area contributed by atoms with Crippen LogP contribution in [0.15, 0.2) is 68.6 Å². The smallest absolute Gasteiger partial charge is 0.286 e. The molecule has 1 aliphatic rings. The number of carbonyl (C=O) groups excluding carboxylic acids is 1. The zero-order valence-corrected chi connectivity index (χ0v) is 18.4. The molecule has 4 rings (SSSR count). The van der Waals surface area contributed by atoms with E-state index in [2.05, 4.69) is 14.7 Å². The molecular formula is C20H15FIN3O4S. The quantitative estimate of drug-likeness (QED) is 0.474. The minimum atomic E-state index is -3.99. The van der Waals surface area contributed by atoms with Crippen molar-refractivity contribution in [2.75, 3.05) is 5.32 Å². The third-order valence-corrected chi connectivity index (χ3v) is 6.63. The summed E-state index contributed by atoms with van der Waals surface area (Å²) in [6, 6.07) is 11.0. The summed E-state index contributed by atoms with van der Waals surface area (Å²) in [5.41, 5.74) is 0.644. The molecule has 0 aliphatic carbocycles. The lowest BCUT2D eigenvalue weighted by Gasteiger charge is -2.19. The Morgan fingerprint density at radius 2 is 2.03 bits per heavy atom. The Balaban J connectivity index is 1.57. The number of hydrogen-bond donors (Lipinski definition) is 1. The molecule has 1 aliphatic heterocycles. The zero-order valence-electron chi connectivity index (χ0n) is 15.4. The molecule has 0 radical (unpaired) electrons. The molecule has 1 atom stereocenters. The molecule has 0 spiro atoms. The number of benzene rings is 2. The van der Waals surface area contributed by atoms with Crippen molar-refractivity contribution in [3.05, 3.63) is 75.8 Å². The van der Waals surface area contributed by atoms with Crippen molar-refractivity contribution in [1.82, 2.24) is 4.98 Å². The SMILES string of the molecule is O=C(CCC(c1ncco1)c1ccccc1F)C1=NS(=O)(=O)c2cc(I)ccc2N1. The Bertz CT molecular complexity index is 1240. The molecule has 2 heterocycles. The van der Waals surface area contributed by atoms with Crippen LogP contribution >= 0.6 is 22.6 Å². The Labute approximate surface area is 185 Å². The molecular weight excluding hydrogens is 524 g/mol. The molecule has 10 heteroatoms. The first-order valence-electron chi connectivity index (χ1n) is 8.94. The van der Waals surface area contributed by atoms with Crippen LogP contribution in [0.25, 0.3) is 0 Å². The number of amidine groups is 1. The van der Waals surface area contributed by atoms with Crippen molar-refractivity contribution in [3.8, 4) is 0 Å². The molecule has 2 aromatic carbocycles. The van der Waals surface area contributed by atoms with Gasteiger partial charge in [0.2, 0.25) is 5.89 Å². The molecule has 1 aromatic heterocycles. The van der Waals surface area contributed by atoms with E-state index in [0.29, 0.717) is 11.3 Å². The van der Waals surface area contributed by atoms with Gasteiger partial charge >= 0.3 is 0 Å². The third kappa shape index (κ3) is 4.15. The molecule has 154 valence electrons.